The number of anilines is 2. The van der Waals surface area contributed by atoms with Crippen molar-refractivity contribution in [2.75, 3.05) is 30.4 Å². The van der Waals surface area contributed by atoms with Crippen LogP contribution in [-0.2, 0) is 9.53 Å². The van der Waals surface area contributed by atoms with Crippen molar-refractivity contribution >= 4 is 29.0 Å². The summed E-state index contributed by atoms with van der Waals surface area (Å²) in [5.74, 6) is 0.475. The Labute approximate surface area is 123 Å². The number of hydrogen-bond donors (Lipinski definition) is 2. The number of halogens is 1. The molecule has 1 aliphatic rings. The van der Waals surface area contributed by atoms with E-state index >= 15 is 0 Å². The number of nitrogens with two attached hydrogens (primary N) is 1. The first kappa shape index (κ1) is 14.9. The molecule has 6 nitrogen and oxygen atoms in total. The molecule has 1 saturated heterocycles. The molecular weight excluding hydrogens is 280 g/mol. The van der Waals surface area contributed by atoms with Crippen LogP contribution in [0.1, 0.15) is 13.8 Å². The Balaban J connectivity index is 2.24. The smallest absolute Gasteiger partial charge is 0.245 e. The average molecular weight is 299 g/mol. The molecule has 0 bridgehead atoms. The lowest BCUT2D eigenvalue weighted by atomic mass is 10.2. The predicted molar refractivity (Wildman–Crippen MR) is 78.9 cm³/mol. The van der Waals surface area contributed by atoms with Gasteiger partial charge in [0.2, 0.25) is 5.91 Å². The summed E-state index contributed by atoms with van der Waals surface area (Å²) in [4.78, 5) is 18.4. The Kier molecular flexibility index (Phi) is 4.67. The van der Waals surface area contributed by atoms with E-state index in [2.05, 4.69) is 10.3 Å². The third-order valence-corrected chi connectivity index (χ3v) is 3.26. The number of amides is 1. The first-order valence-electron chi connectivity index (χ1n) is 6.55. The van der Waals surface area contributed by atoms with Gasteiger partial charge in [0.1, 0.15) is 11.9 Å². The van der Waals surface area contributed by atoms with Crippen LogP contribution in [0.5, 0.6) is 0 Å². The fourth-order valence-corrected chi connectivity index (χ4v) is 2.40. The van der Waals surface area contributed by atoms with Crippen LogP contribution in [0, 0.1) is 0 Å². The Morgan fingerprint density at radius 3 is 3.05 bits per heavy atom. The molecular formula is C13H19ClN4O2. The van der Waals surface area contributed by atoms with Gasteiger partial charge in [0.25, 0.3) is 0 Å². The van der Waals surface area contributed by atoms with Gasteiger partial charge in [-0.05, 0) is 19.9 Å². The Morgan fingerprint density at radius 1 is 1.65 bits per heavy atom. The van der Waals surface area contributed by atoms with Crippen LogP contribution in [0.2, 0.25) is 5.02 Å². The molecule has 0 aromatic carbocycles. The van der Waals surface area contributed by atoms with E-state index in [1.165, 1.54) is 6.20 Å². The maximum atomic E-state index is 12.2. The van der Waals surface area contributed by atoms with Crippen molar-refractivity contribution in [1.82, 2.24) is 10.3 Å². The van der Waals surface area contributed by atoms with E-state index in [0.29, 0.717) is 36.3 Å². The molecule has 0 saturated carbocycles. The van der Waals surface area contributed by atoms with E-state index in [1.54, 1.807) is 6.07 Å². The van der Waals surface area contributed by atoms with E-state index in [0.717, 1.165) is 0 Å². The summed E-state index contributed by atoms with van der Waals surface area (Å²) in [6.45, 7) is 5.25. The van der Waals surface area contributed by atoms with Crippen molar-refractivity contribution in [3.05, 3.63) is 17.3 Å². The van der Waals surface area contributed by atoms with E-state index < -0.39 is 6.04 Å². The van der Waals surface area contributed by atoms with Crippen LogP contribution in [0.15, 0.2) is 12.3 Å². The second-order valence-corrected chi connectivity index (χ2v) is 5.43. The average Bonchev–Trinajstić information content (AvgIpc) is 2.38. The van der Waals surface area contributed by atoms with E-state index in [4.69, 9.17) is 22.1 Å². The van der Waals surface area contributed by atoms with Crippen molar-refractivity contribution in [3.8, 4) is 0 Å². The summed E-state index contributed by atoms with van der Waals surface area (Å²) in [6, 6.07) is 1.28. The van der Waals surface area contributed by atoms with Crippen molar-refractivity contribution < 1.29 is 9.53 Å². The van der Waals surface area contributed by atoms with Crippen LogP contribution in [0.25, 0.3) is 0 Å². The van der Waals surface area contributed by atoms with Gasteiger partial charge in [-0.15, -0.1) is 0 Å². The molecule has 7 heteroatoms. The monoisotopic (exact) mass is 298 g/mol. The molecule has 1 fully saturated rings. The number of nitrogens with zero attached hydrogens (tertiary/aromatic N) is 2. The standard InChI is InChI=1S/C13H19ClN4O2/c1-8(2)17-13(19)11-7-20-4-3-18(11)12-10(14)5-9(15)6-16-12/h5-6,8,11H,3-4,7,15H2,1-2H3,(H,17,19). The lowest BCUT2D eigenvalue weighted by Gasteiger charge is -2.36. The maximum Gasteiger partial charge on any atom is 0.245 e. The van der Waals surface area contributed by atoms with Gasteiger partial charge in [-0.2, -0.15) is 0 Å². The van der Waals surface area contributed by atoms with Crippen molar-refractivity contribution in [1.29, 1.82) is 0 Å². The van der Waals surface area contributed by atoms with Gasteiger partial charge in [-0.1, -0.05) is 11.6 Å². The first-order valence-corrected chi connectivity index (χ1v) is 6.92. The maximum absolute atomic E-state index is 12.2. The fraction of sp³-hybridized carbons (Fsp3) is 0.538. The molecule has 0 radical (unpaired) electrons. The zero-order valence-corrected chi connectivity index (χ0v) is 12.4. The van der Waals surface area contributed by atoms with Crippen molar-refractivity contribution in [2.45, 2.75) is 25.9 Å². The van der Waals surface area contributed by atoms with E-state index in [9.17, 15) is 4.79 Å². The molecule has 0 aliphatic carbocycles. The molecule has 3 N–H and O–H groups in total. The van der Waals surface area contributed by atoms with Gasteiger partial charge in [0, 0.05) is 12.6 Å². The minimum Gasteiger partial charge on any atom is -0.397 e. The normalized spacial score (nSPS) is 19.2. The highest BCUT2D eigenvalue weighted by Crippen LogP contribution is 2.27. The molecule has 2 heterocycles. The lowest BCUT2D eigenvalue weighted by molar-refractivity contribution is -0.125. The second-order valence-electron chi connectivity index (χ2n) is 5.02. The number of nitrogen functional groups attached to an aromatic ring is 1. The number of nitrogens with one attached hydrogen (secondary N) is 1. The summed E-state index contributed by atoms with van der Waals surface area (Å²) in [5, 5.41) is 3.33. The largest absolute Gasteiger partial charge is 0.397 e. The van der Waals surface area contributed by atoms with Gasteiger partial charge in [-0.3, -0.25) is 4.79 Å². The zero-order valence-electron chi connectivity index (χ0n) is 11.6. The number of hydrogen-bond acceptors (Lipinski definition) is 5. The molecule has 1 aliphatic heterocycles. The second kappa shape index (κ2) is 6.28. The molecule has 0 spiro atoms. The number of ether oxygens (including phenoxy) is 1. The van der Waals surface area contributed by atoms with Gasteiger partial charge in [-0.25, -0.2) is 4.98 Å². The molecule has 110 valence electrons. The Morgan fingerprint density at radius 2 is 2.40 bits per heavy atom. The molecule has 1 amide bonds. The Hall–Kier alpha value is -1.53. The number of carbonyl (C=O) groups excluding carboxylic acids is 1. The molecule has 1 unspecified atom stereocenters. The third-order valence-electron chi connectivity index (χ3n) is 2.98. The van der Waals surface area contributed by atoms with Gasteiger partial charge >= 0.3 is 0 Å². The molecule has 20 heavy (non-hydrogen) atoms. The minimum atomic E-state index is -0.431. The highest BCUT2D eigenvalue weighted by atomic mass is 35.5. The lowest BCUT2D eigenvalue weighted by Crippen LogP contribution is -2.55. The number of morpholine rings is 1. The van der Waals surface area contributed by atoms with Crippen molar-refractivity contribution in [3.63, 3.8) is 0 Å². The summed E-state index contributed by atoms with van der Waals surface area (Å²) in [6.07, 6.45) is 1.54. The first-order chi connectivity index (χ1) is 9.49. The van der Waals surface area contributed by atoms with Gasteiger partial charge < -0.3 is 20.7 Å². The summed E-state index contributed by atoms with van der Waals surface area (Å²) in [7, 11) is 0. The topological polar surface area (TPSA) is 80.5 Å². The van der Waals surface area contributed by atoms with Gasteiger partial charge in [0.05, 0.1) is 30.1 Å². The minimum absolute atomic E-state index is 0.0705. The van der Waals surface area contributed by atoms with Crippen LogP contribution in [-0.4, -0.2) is 42.7 Å². The van der Waals surface area contributed by atoms with Crippen LogP contribution >= 0.6 is 11.6 Å². The number of pyridine rings is 1. The molecule has 1 atom stereocenters. The zero-order chi connectivity index (χ0) is 14.7. The fourth-order valence-electron chi connectivity index (χ4n) is 2.11. The Bertz CT molecular complexity index is 495. The van der Waals surface area contributed by atoms with E-state index in [-0.39, 0.29) is 11.9 Å². The quantitative estimate of drug-likeness (QED) is 0.872. The van der Waals surface area contributed by atoms with Gasteiger partial charge in [0.15, 0.2) is 0 Å². The molecule has 2 rings (SSSR count). The van der Waals surface area contributed by atoms with Crippen LogP contribution in [0.3, 0.4) is 0 Å². The summed E-state index contributed by atoms with van der Waals surface area (Å²) in [5.41, 5.74) is 6.14. The summed E-state index contributed by atoms with van der Waals surface area (Å²) >= 11 is 6.18. The summed E-state index contributed by atoms with van der Waals surface area (Å²) < 4.78 is 5.40. The number of carbonyl (C=O) groups is 1. The highest BCUT2D eigenvalue weighted by Gasteiger charge is 2.31. The third kappa shape index (κ3) is 3.32. The predicted octanol–water partition coefficient (Wildman–Crippen LogP) is 1.05. The number of rotatable bonds is 3. The molecule has 1 aromatic heterocycles. The van der Waals surface area contributed by atoms with E-state index in [1.807, 2.05) is 18.7 Å². The number of aromatic nitrogens is 1. The molecule has 1 aromatic rings. The van der Waals surface area contributed by atoms with Crippen LogP contribution in [0.4, 0.5) is 11.5 Å². The highest BCUT2D eigenvalue weighted by molar-refractivity contribution is 6.33. The van der Waals surface area contributed by atoms with Crippen LogP contribution < -0.4 is 16.0 Å². The SMILES string of the molecule is CC(C)NC(=O)C1COCCN1c1ncc(N)cc1Cl. The van der Waals surface area contributed by atoms with Crippen molar-refractivity contribution in [2.24, 2.45) is 0 Å².